The minimum atomic E-state index is -0.896. The number of esters is 1. The highest BCUT2D eigenvalue weighted by Gasteiger charge is 2.43. The molecule has 1 aliphatic rings. The number of carbonyl (C=O) groups excluding carboxylic acids is 2. The zero-order valence-electron chi connectivity index (χ0n) is 13.3. The Kier molecular flexibility index (Phi) is 5.22. The minimum Gasteiger partial charge on any atom is -0.493 e. The van der Waals surface area contributed by atoms with Crippen LogP contribution in [-0.4, -0.2) is 30.6 Å². The molecular formula is C17H20N2O4. The summed E-state index contributed by atoms with van der Waals surface area (Å²) in [4.78, 5) is 24.0. The van der Waals surface area contributed by atoms with Crippen molar-refractivity contribution in [3.63, 3.8) is 0 Å². The zero-order valence-corrected chi connectivity index (χ0v) is 13.3. The van der Waals surface area contributed by atoms with Gasteiger partial charge in [-0.3, -0.25) is 4.79 Å². The van der Waals surface area contributed by atoms with Crippen molar-refractivity contribution in [1.29, 1.82) is 5.26 Å². The molecule has 0 saturated heterocycles. The number of nitrogens with zero attached hydrogens (tertiary/aromatic N) is 1. The van der Waals surface area contributed by atoms with E-state index in [9.17, 15) is 14.9 Å². The molecule has 1 aliphatic carbocycles. The van der Waals surface area contributed by atoms with Gasteiger partial charge in [0.15, 0.2) is 6.61 Å². The molecule has 2 rings (SSSR count). The fraction of sp³-hybridized carbons (Fsp3) is 0.471. The van der Waals surface area contributed by atoms with Crippen molar-refractivity contribution < 1.29 is 19.1 Å². The van der Waals surface area contributed by atoms with Crippen LogP contribution in [0.15, 0.2) is 24.3 Å². The molecular weight excluding hydrogens is 296 g/mol. The van der Waals surface area contributed by atoms with Gasteiger partial charge in [-0.15, -0.1) is 0 Å². The topological polar surface area (TPSA) is 88.4 Å². The van der Waals surface area contributed by atoms with Crippen LogP contribution >= 0.6 is 0 Å². The van der Waals surface area contributed by atoms with Gasteiger partial charge in [-0.05, 0) is 44.7 Å². The number of benzene rings is 1. The molecule has 23 heavy (non-hydrogen) atoms. The Hall–Kier alpha value is -2.55. The van der Waals surface area contributed by atoms with E-state index in [0.29, 0.717) is 12.4 Å². The first kappa shape index (κ1) is 16.8. The minimum absolute atomic E-state index is 0.172. The number of carbonyl (C=O) groups is 2. The van der Waals surface area contributed by atoms with Gasteiger partial charge < -0.3 is 14.8 Å². The van der Waals surface area contributed by atoms with Gasteiger partial charge in [0, 0.05) is 0 Å². The van der Waals surface area contributed by atoms with Gasteiger partial charge in [0.05, 0.1) is 12.7 Å². The third-order valence-corrected chi connectivity index (χ3v) is 3.77. The third-order valence-electron chi connectivity index (χ3n) is 3.77. The van der Waals surface area contributed by atoms with Gasteiger partial charge in [0.2, 0.25) is 0 Å². The average Bonchev–Trinajstić information content (AvgIpc) is 3.38. The Balaban J connectivity index is 1.92. The van der Waals surface area contributed by atoms with Crippen molar-refractivity contribution in [3.8, 4) is 11.8 Å². The maximum Gasteiger partial charge on any atom is 0.342 e. The van der Waals surface area contributed by atoms with Crippen LogP contribution in [0.25, 0.3) is 0 Å². The number of nitriles is 1. The molecule has 6 heteroatoms. The monoisotopic (exact) mass is 316 g/mol. The normalized spacial score (nSPS) is 15.9. The highest BCUT2D eigenvalue weighted by Crippen LogP contribution is 2.39. The largest absolute Gasteiger partial charge is 0.493 e. The van der Waals surface area contributed by atoms with Crippen molar-refractivity contribution in [2.75, 3.05) is 13.2 Å². The fourth-order valence-corrected chi connectivity index (χ4v) is 2.33. The van der Waals surface area contributed by atoms with Crippen molar-refractivity contribution >= 4 is 11.9 Å². The number of nitrogens with one attached hydrogen (secondary N) is 1. The summed E-state index contributed by atoms with van der Waals surface area (Å²) < 4.78 is 10.4. The molecule has 1 aromatic carbocycles. The molecule has 0 heterocycles. The van der Waals surface area contributed by atoms with E-state index in [4.69, 9.17) is 9.47 Å². The molecule has 1 fully saturated rings. The fourth-order valence-electron chi connectivity index (χ4n) is 2.33. The molecule has 1 amide bonds. The predicted molar refractivity (Wildman–Crippen MR) is 82.8 cm³/mol. The van der Waals surface area contributed by atoms with Crippen LogP contribution in [0.5, 0.6) is 5.75 Å². The van der Waals surface area contributed by atoms with Crippen LogP contribution in [0.1, 0.15) is 37.0 Å². The Bertz CT molecular complexity index is 634. The number of hydrogen-bond acceptors (Lipinski definition) is 5. The Morgan fingerprint density at radius 1 is 1.39 bits per heavy atom. The molecule has 0 radical (unpaired) electrons. The first-order valence-corrected chi connectivity index (χ1v) is 7.61. The number of ether oxygens (including phenoxy) is 2. The summed E-state index contributed by atoms with van der Waals surface area (Å²) in [6.07, 6.45) is 1.84. The van der Waals surface area contributed by atoms with Crippen LogP contribution in [0.4, 0.5) is 0 Å². The van der Waals surface area contributed by atoms with E-state index in [2.05, 4.69) is 11.4 Å². The lowest BCUT2D eigenvalue weighted by Crippen LogP contribution is -2.48. The number of para-hydroxylation sites is 1. The van der Waals surface area contributed by atoms with E-state index < -0.39 is 24.0 Å². The zero-order chi connectivity index (χ0) is 16.9. The van der Waals surface area contributed by atoms with Gasteiger partial charge in [0.25, 0.3) is 5.91 Å². The molecule has 0 spiro atoms. The highest BCUT2D eigenvalue weighted by molar-refractivity contribution is 5.94. The standard InChI is InChI=1S/C17H20N2O4/c1-3-22-14-7-5-4-6-13(14)16(21)23-10-15(20)19-17(2,11-18)12-8-9-12/h4-7,12H,3,8-10H2,1-2H3,(H,19,20)/t17-/m1/s1. The second-order valence-corrected chi connectivity index (χ2v) is 5.64. The molecule has 1 atom stereocenters. The van der Waals surface area contributed by atoms with Crippen molar-refractivity contribution in [2.24, 2.45) is 5.92 Å². The second kappa shape index (κ2) is 7.14. The summed E-state index contributed by atoms with van der Waals surface area (Å²) in [6.45, 7) is 3.50. The van der Waals surface area contributed by atoms with Crippen molar-refractivity contribution in [1.82, 2.24) is 5.32 Å². The summed E-state index contributed by atoms with van der Waals surface area (Å²) in [5, 5.41) is 11.8. The Morgan fingerprint density at radius 2 is 2.09 bits per heavy atom. The SMILES string of the molecule is CCOc1ccccc1C(=O)OCC(=O)N[C@](C)(C#N)C1CC1. The van der Waals surface area contributed by atoms with Crippen LogP contribution in [-0.2, 0) is 9.53 Å². The number of hydrogen-bond donors (Lipinski definition) is 1. The van der Waals surface area contributed by atoms with Crippen molar-refractivity contribution in [2.45, 2.75) is 32.2 Å². The molecule has 1 aromatic rings. The smallest absolute Gasteiger partial charge is 0.342 e. The lowest BCUT2D eigenvalue weighted by atomic mass is 9.98. The molecule has 0 bridgehead atoms. The van der Waals surface area contributed by atoms with E-state index >= 15 is 0 Å². The quantitative estimate of drug-likeness (QED) is 0.778. The van der Waals surface area contributed by atoms with E-state index in [-0.39, 0.29) is 11.5 Å². The van der Waals surface area contributed by atoms with Crippen LogP contribution in [0, 0.1) is 17.2 Å². The molecule has 0 aromatic heterocycles. The maximum absolute atomic E-state index is 12.1. The Labute approximate surface area is 135 Å². The maximum atomic E-state index is 12.1. The van der Waals surface area contributed by atoms with Crippen LogP contribution in [0.3, 0.4) is 0 Å². The number of amides is 1. The summed E-state index contributed by atoms with van der Waals surface area (Å²) in [5.41, 5.74) is -0.625. The van der Waals surface area contributed by atoms with Gasteiger partial charge in [-0.2, -0.15) is 5.26 Å². The van der Waals surface area contributed by atoms with Gasteiger partial charge in [-0.1, -0.05) is 12.1 Å². The summed E-state index contributed by atoms with van der Waals surface area (Å²) in [5.74, 6) is -0.524. The molecule has 1 N–H and O–H groups in total. The van der Waals surface area contributed by atoms with Crippen LogP contribution < -0.4 is 10.1 Å². The third kappa shape index (κ3) is 4.22. The molecule has 6 nitrogen and oxygen atoms in total. The summed E-state index contributed by atoms with van der Waals surface area (Å²) in [6, 6.07) is 8.81. The first-order valence-electron chi connectivity index (χ1n) is 7.61. The van der Waals surface area contributed by atoms with Gasteiger partial charge in [0.1, 0.15) is 16.9 Å². The van der Waals surface area contributed by atoms with Crippen molar-refractivity contribution in [3.05, 3.63) is 29.8 Å². The molecule has 122 valence electrons. The number of rotatable bonds is 7. The van der Waals surface area contributed by atoms with Gasteiger partial charge in [-0.25, -0.2) is 4.79 Å². The predicted octanol–water partition coefficient (Wildman–Crippen LogP) is 2.05. The summed E-state index contributed by atoms with van der Waals surface area (Å²) >= 11 is 0. The van der Waals surface area contributed by atoms with Crippen LogP contribution in [0.2, 0.25) is 0 Å². The second-order valence-electron chi connectivity index (χ2n) is 5.64. The molecule has 0 aliphatic heterocycles. The first-order chi connectivity index (χ1) is 11.0. The van der Waals surface area contributed by atoms with E-state index in [1.165, 1.54) is 0 Å². The lowest BCUT2D eigenvalue weighted by molar-refractivity contribution is -0.125. The molecule has 0 unspecified atom stereocenters. The summed E-state index contributed by atoms with van der Waals surface area (Å²) in [7, 11) is 0. The van der Waals surface area contributed by atoms with Gasteiger partial charge >= 0.3 is 5.97 Å². The lowest BCUT2D eigenvalue weighted by Gasteiger charge is -2.22. The van der Waals surface area contributed by atoms with E-state index in [1.54, 1.807) is 31.2 Å². The Morgan fingerprint density at radius 3 is 2.70 bits per heavy atom. The van der Waals surface area contributed by atoms with E-state index in [1.807, 2.05) is 6.92 Å². The molecule has 1 saturated carbocycles. The average molecular weight is 316 g/mol. The highest BCUT2D eigenvalue weighted by atomic mass is 16.5. The van der Waals surface area contributed by atoms with E-state index in [0.717, 1.165) is 12.8 Å².